The normalized spacial score (nSPS) is 17.8. The van der Waals surface area contributed by atoms with E-state index in [1.807, 2.05) is 19.1 Å². The molecule has 16 heteroatoms. The summed E-state index contributed by atoms with van der Waals surface area (Å²) in [5.41, 5.74) is 3.87. The van der Waals surface area contributed by atoms with Gasteiger partial charge in [-0.15, -0.1) is 0 Å². The maximum atomic E-state index is 15.1. The average Bonchev–Trinajstić information content (AvgIpc) is 3.17. The van der Waals surface area contributed by atoms with Crippen molar-refractivity contribution < 1.29 is 22.4 Å². The van der Waals surface area contributed by atoms with Crippen LogP contribution in [0.1, 0.15) is 51.2 Å². The summed E-state index contributed by atoms with van der Waals surface area (Å²) in [4.78, 5) is 41.6. The number of halogens is 1. The van der Waals surface area contributed by atoms with Gasteiger partial charge in [-0.25, -0.2) is 27.3 Å². The van der Waals surface area contributed by atoms with Crippen LogP contribution in [0.2, 0.25) is 0 Å². The molecule has 3 amide bonds. The molecule has 302 valence electrons. The number of urea groups is 1. The van der Waals surface area contributed by atoms with Gasteiger partial charge in [0, 0.05) is 110 Å². The van der Waals surface area contributed by atoms with Crippen LogP contribution in [-0.4, -0.2) is 97.5 Å². The van der Waals surface area contributed by atoms with Gasteiger partial charge in [-0.2, -0.15) is 4.98 Å². The minimum atomic E-state index is -3.70. The van der Waals surface area contributed by atoms with Crippen molar-refractivity contribution in [3.05, 3.63) is 89.9 Å². The molecule has 0 saturated carbocycles. The minimum absolute atomic E-state index is 0.165. The van der Waals surface area contributed by atoms with Crippen molar-refractivity contribution >= 4 is 56.5 Å². The molecule has 3 aliphatic rings. The molecular formula is C41H51FN10O4S. The average molecular weight is 799 g/mol. The zero-order valence-corrected chi connectivity index (χ0v) is 33.7. The summed E-state index contributed by atoms with van der Waals surface area (Å²) in [6.45, 7) is 13.6. The summed E-state index contributed by atoms with van der Waals surface area (Å²) in [7, 11) is -3.70. The van der Waals surface area contributed by atoms with Crippen molar-refractivity contribution in [1.29, 1.82) is 0 Å². The molecule has 3 fully saturated rings. The molecular weight excluding hydrogens is 748 g/mol. The van der Waals surface area contributed by atoms with Crippen LogP contribution >= 0.6 is 0 Å². The van der Waals surface area contributed by atoms with Crippen molar-refractivity contribution in [2.75, 3.05) is 66.2 Å². The maximum Gasteiger partial charge on any atom is 0.328 e. The summed E-state index contributed by atoms with van der Waals surface area (Å²) >= 11 is 0. The number of nitrogens with zero attached hydrogens (tertiary/aromatic N) is 6. The van der Waals surface area contributed by atoms with Gasteiger partial charge < -0.3 is 15.5 Å². The lowest BCUT2D eigenvalue weighted by molar-refractivity contribution is -0.120. The highest BCUT2D eigenvalue weighted by Gasteiger charge is 2.29. The number of imide groups is 1. The van der Waals surface area contributed by atoms with E-state index in [9.17, 15) is 18.0 Å². The smallest absolute Gasteiger partial charge is 0.328 e. The molecule has 4 aromatic rings. The number of nitrogens with one attached hydrogen (secondary N) is 4. The number of piperidine rings is 1. The quantitative estimate of drug-likeness (QED) is 0.147. The second-order valence-electron chi connectivity index (χ2n) is 16.0. The molecule has 1 aromatic heterocycles. The Hall–Kier alpha value is -5.16. The lowest BCUT2D eigenvalue weighted by Gasteiger charge is -2.43. The largest absolute Gasteiger partial charge is 0.371 e. The van der Waals surface area contributed by atoms with Gasteiger partial charge in [0.25, 0.3) is 0 Å². The molecule has 0 bridgehead atoms. The number of rotatable bonds is 11. The van der Waals surface area contributed by atoms with Gasteiger partial charge in [0.1, 0.15) is 11.6 Å². The number of carbonyl (C=O) groups is 2. The maximum absolute atomic E-state index is 15.1. The van der Waals surface area contributed by atoms with Gasteiger partial charge in [0.05, 0.1) is 4.90 Å². The van der Waals surface area contributed by atoms with Crippen molar-refractivity contribution in [2.24, 2.45) is 0 Å². The fourth-order valence-corrected chi connectivity index (χ4v) is 8.98. The number of aromatic nitrogens is 2. The Morgan fingerprint density at radius 1 is 0.860 bits per heavy atom. The Morgan fingerprint density at radius 3 is 2.26 bits per heavy atom. The van der Waals surface area contributed by atoms with Crippen molar-refractivity contribution in [2.45, 2.75) is 70.0 Å². The number of hydrogen-bond donors (Lipinski definition) is 4. The second-order valence-corrected chi connectivity index (χ2v) is 17.6. The van der Waals surface area contributed by atoms with Gasteiger partial charge in [0.2, 0.25) is 21.9 Å². The molecule has 0 spiro atoms. The van der Waals surface area contributed by atoms with Crippen LogP contribution in [0.15, 0.2) is 77.8 Å². The number of amides is 3. The molecule has 14 nitrogen and oxygen atoms in total. The standard InChI is InChI=1S/C41H51FN10O4S/c1-28-26-43-39(47-38(28)44-31-6-5-7-35(24-31)57(55,56)48-41(2,3)4)45-30-9-12-32(13-10-30)50-17-14-33(15-18-50)51-22-20-49(21-23-51)27-29-8-11-34(25-36(29)42)52-19-16-37(53)46-40(52)54/h5-13,24-26,33,48H,14-23,27H2,1-4H3,(H,46,53,54)(H2,43,44,45,47). The van der Waals surface area contributed by atoms with E-state index in [-0.39, 0.29) is 29.6 Å². The minimum Gasteiger partial charge on any atom is -0.371 e. The lowest BCUT2D eigenvalue weighted by atomic mass is 10.0. The van der Waals surface area contributed by atoms with Crippen LogP contribution in [-0.2, 0) is 21.4 Å². The Labute approximate surface area is 333 Å². The molecule has 4 heterocycles. The zero-order valence-electron chi connectivity index (χ0n) is 32.9. The zero-order chi connectivity index (χ0) is 40.3. The number of carbonyl (C=O) groups excluding carboxylic acids is 2. The number of anilines is 6. The van der Waals surface area contributed by atoms with E-state index in [0.29, 0.717) is 41.3 Å². The summed E-state index contributed by atoms with van der Waals surface area (Å²) in [5, 5.41) is 8.83. The van der Waals surface area contributed by atoms with Crippen molar-refractivity contribution in [3.63, 3.8) is 0 Å². The van der Waals surface area contributed by atoms with Crippen molar-refractivity contribution in [3.8, 4) is 0 Å². The number of piperazine rings is 1. The van der Waals surface area contributed by atoms with Gasteiger partial charge in [-0.3, -0.25) is 24.8 Å². The molecule has 7 rings (SSSR count). The summed E-state index contributed by atoms with van der Waals surface area (Å²) in [6, 6.07) is 19.8. The highest BCUT2D eigenvalue weighted by Crippen LogP contribution is 2.28. The third-order valence-corrected chi connectivity index (χ3v) is 12.2. The fraction of sp³-hybridized carbons (Fsp3) is 0.415. The van der Waals surface area contributed by atoms with Crippen LogP contribution in [0, 0.1) is 12.7 Å². The predicted octanol–water partition coefficient (Wildman–Crippen LogP) is 5.72. The monoisotopic (exact) mass is 798 g/mol. The highest BCUT2D eigenvalue weighted by molar-refractivity contribution is 7.89. The first-order valence-electron chi connectivity index (χ1n) is 19.4. The Kier molecular flexibility index (Phi) is 11.8. The lowest BCUT2D eigenvalue weighted by Crippen LogP contribution is -2.53. The Morgan fingerprint density at radius 2 is 1.58 bits per heavy atom. The number of aryl methyl sites for hydroxylation is 1. The first kappa shape index (κ1) is 40.1. The molecule has 0 atom stereocenters. The van der Waals surface area contributed by atoms with Crippen molar-refractivity contribution in [1.82, 2.24) is 29.8 Å². The van der Waals surface area contributed by atoms with Crippen LogP contribution in [0.25, 0.3) is 0 Å². The molecule has 4 N–H and O–H groups in total. The van der Waals surface area contributed by atoms with Crippen LogP contribution in [0.4, 0.5) is 43.7 Å². The van der Waals surface area contributed by atoms with Crippen LogP contribution in [0.3, 0.4) is 0 Å². The fourth-order valence-electron chi connectivity index (χ4n) is 7.51. The molecule has 3 aromatic carbocycles. The molecule has 0 aliphatic carbocycles. The van der Waals surface area contributed by atoms with E-state index in [1.165, 1.54) is 11.0 Å². The second kappa shape index (κ2) is 16.7. The van der Waals surface area contributed by atoms with Crippen LogP contribution < -0.4 is 30.5 Å². The topological polar surface area (TPSA) is 155 Å². The molecule has 0 radical (unpaired) electrons. The summed E-state index contributed by atoms with van der Waals surface area (Å²) in [6.07, 6.45) is 4.06. The third-order valence-electron chi connectivity index (χ3n) is 10.5. The Bertz CT molecular complexity index is 2200. The van der Waals surface area contributed by atoms with Gasteiger partial charge >= 0.3 is 6.03 Å². The summed E-state index contributed by atoms with van der Waals surface area (Å²) in [5.74, 6) is 0.329. The van der Waals surface area contributed by atoms with E-state index >= 15 is 4.39 Å². The number of sulfonamides is 1. The van der Waals surface area contributed by atoms with E-state index in [0.717, 1.165) is 69.0 Å². The molecule has 57 heavy (non-hydrogen) atoms. The van der Waals surface area contributed by atoms with E-state index in [1.54, 1.807) is 63.4 Å². The molecule has 3 aliphatic heterocycles. The van der Waals surface area contributed by atoms with Gasteiger partial charge in [0.15, 0.2) is 0 Å². The Balaban J connectivity index is 0.874. The number of benzene rings is 3. The van der Waals surface area contributed by atoms with Crippen LogP contribution in [0.5, 0.6) is 0 Å². The number of hydrogen-bond acceptors (Lipinski definition) is 11. The predicted molar refractivity (Wildman–Crippen MR) is 220 cm³/mol. The molecule has 3 saturated heterocycles. The SMILES string of the molecule is Cc1cnc(Nc2ccc(N3CCC(N4CCN(Cc5ccc(N6CCC(=O)NC6=O)cc5F)CC4)CC3)cc2)nc1Nc1cccc(S(=O)(=O)NC(C)(C)C)c1. The van der Waals surface area contributed by atoms with E-state index in [2.05, 4.69) is 57.5 Å². The molecule has 0 unspecified atom stereocenters. The third kappa shape index (κ3) is 10.1. The summed E-state index contributed by atoms with van der Waals surface area (Å²) < 4.78 is 43.6. The van der Waals surface area contributed by atoms with E-state index in [4.69, 9.17) is 0 Å². The van der Waals surface area contributed by atoms with Gasteiger partial charge in [-0.1, -0.05) is 12.1 Å². The highest BCUT2D eigenvalue weighted by atomic mass is 32.2. The van der Waals surface area contributed by atoms with E-state index < -0.39 is 21.6 Å². The van der Waals surface area contributed by atoms with Gasteiger partial charge in [-0.05, 0) is 95.1 Å². The first-order chi connectivity index (χ1) is 27.2. The first-order valence-corrected chi connectivity index (χ1v) is 20.9.